The number of benzene rings is 2. The minimum absolute atomic E-state index is 0.0604. The second-order valence-corrected chi connectivity index (χ2v) is 10.4. The lowest BCUT2D eigenvalue weighted by Gasteiger charge is -2.24. The summed E-state index contributed by atoms with van der Waals surface area (Å²) in [5.41, 5.74) is 5.30. The summed E-state index contributed by atoms with van der Waals surface area (Å²) < 4.78 is 5.55. The highest BCUT2D eigenvalue weighted by atomic mass is 16.5. The van der Waals surface area contributed by atoms with E-state index in [1.54, 1.807) is 0 Å². The van der Waals surface area contributed by atoms with E-state index in [2.05, 4.69) is 39.1 Å². The number of carbonyl (C=O) groups is 2. The van der Waals surface area contributed by atoms with Crippen LogP contribution in [0.1, 0.15) is 80.4 Å². The molecule has 0 atom stereocenters. The third kappa shape index (κ3) is 4.53. The SMILES string of the molecule is CC1(C)CC(C)(C)c2cc(C(=O)OCCc3ccc(NC(=O)C4CCC4)cc3)ccc21. The Bertz CT molecular complexity index is 984. The van der Waals surface area contributed by atoms with Gasteiger partial charge in [0.15, 0.2) is 0 Å². The molecular formula is C27H33NO3. The van der Waals surface area contributed by atoms with Crippen molar-refractivity contribution in [1.82, 2.24) is 0 Å². The lowest BCUT2D eigenvalue weighted by atomic mass is 9.82. The number of amides is 1. The first-order valence-electron chi connectivity index (χ1n) is 11.4. The van der Waals surface area contributed by atoms with Crippen molar-refractivity contribution in [2.75, 3.05) is 11.9 Å². The molecule has 0 aromatic heterocycles. The maximum Gasteiger partial charge on any atom is 0.338 e. The molecule has 0 spiro atoms. The van der Waals surface area contributed by atoms with E-state index in [9.17, 15) is 9.59 Å². The number of carbonyl (C=O) groups excluding carboxylic acids is 2. The maximum atomic E-state index is 12.6. The standard InChI is InChI=1S/C27H33NO3/c1-26(2)17-27(3,4)23-16-20(10-13-22(23)26)25(30)31-15-14-18-8-11-21(12-9-18)28-24(29)19-6-5-7-19/h8-13,16,19H,5-7,14-15,17H2,1-4H3,(H,28,29). The first-order valence-corrected chi connectivity index (χ1v) is 11.4. The number of rotatable bonds is 6. The number of anilines is 1. The van der Waals surface area contributed by atoms with Crippen molar-refractivity contribution in [3.8, 4) is 0 Å². The molecule has 31 heavy (non-hydrogen) atoms. The Morgan fingerprint density at radius 1 is 0.968 bits per heavy atom. The molecular weight excluding hydrogens is 386 g/mol. The third-order valence-electron chi connectivity index (χ3n) is 6.92. The van der Waals surface area contributed by atoms with E-state index in [4.69, 9.17) is 4.74 Å². The fourth-order valence-electron chi connectivity index (χ4n) is 5.13. The molecule has 0 radical (unpaired) electrons. The van der Waals surface area contributed by atoms with Gasteiger partial charge in [-0.25, -0.2) is 4.79 Å². The number of esters is 1. The Morgan fingerprint density at radius 3 is 2.29 bits per heavy atom. The minimum atomic E-state index is -0.271. The minimum Gasteiger partial charge on any atom is -0.462 e. The fraction of sp³-hybridized carbons (Fsp3) is 0.481. The quantitative estimate of drug-likeness (QED) is 0.604. The Kier molecular flexibility index (Phi) is 5.67. The molecule has 2 aliphatic rings. The lowest BCUT2D eigenvalue weighted by molar-refractivity contribution is -0.122. The summed E-state index contributed by atoms with van der Waals surface area (Å²) in [6.45, 7) is 9.35. The molecule has 0 unspecified atom stereocenters. The van der Waals surface area contributed by atoms with Crippen LogP contribution >= 0.6 is 0 Å². The molecule has 4 heteroatoms. The first-order chi connectivity index (χ1) is 14.7. The molecule has 1 amide bonds. The van der Waals surface area contributed by atoms with Crippen molar-refractivity contribution in [3.63, 3.8) is 0 Å². The molecule has 0 bridgehead atoms. The van der Waals surface area contributed by atoms with Crippen LogP contribution in [-0.4, -0.2) is 18.5 Å². The van der Waals surface area contributed by atoms with Crippen LogP contribution in [0.15, 0.2) is 42.5 Å². The summed E-state index contributed by atoms with van der Waals surface area (Å²) in [4.78, 5) is 24.6. The lowest BCUT2D eigenvalue weighted by Crippen LogP contribution is -2.27. The van der Waals surface area contributed by atoms with Gasteiger partial charge >= 0.3 is 5.97 Å². The average molecular weight is 420 g/mol. The molecule has 2 aromatic rings. The molecule has 0 heterocycles. The van der Waals surface area contributed by atoms with Crippen LogP contribution in [0.2, 0.25) is 0 Å². The van der Waals surface area contributed by atoms with Gasteiger partial charge < -0.3 is 10.1 Å². The van der Waals surface area contributed by atoms with E-state index in [0.717, 1.165) is 36.9 Å². The number of hydrogen-bond acceptors (Lipinski definition) is 3. The zero-order valence-corrected chi connectivity index (χ0v) is 19.1. The fourth-order valence-corrected chi connectivity index (χ4v) is 5.13. The van der Waals surface area contributed by atoms with Gasteiger partial charge in [-0.2, -0.15) is 0 Å². The molecule has 2 aliphatic carbocycles. The monoisotopic (exact) mass is 419 g/mol. The number of nitrogens with one attached hydrogen (secondary N) is 1. The van der Waals surface area contributed by atoms with E-state index < -0.39 is 0 Å². The van der Waals surface area contributed by atoms with Crippen LogP contribution in [0.4, 0.5) is 5.69 Å². The molecule has 4 nitrogen and oxygen atoms in total. The van der Waals surface area contributed by atoms with E-state index in [-0.39, 0.29) is 28.6 Å². The third-order valence-corrected chi connectivity index (χ3v) is 6.92. The smallest absolute Gasteiger partial charge is 0.338 e. The topological polar surface area (TPSA) is 55.4 Å². The summed E-state index contributed by atoms with van der Waals surface area (Å²) in [7, 11) is 0. The van der Waals surface area contributed by atoms with E-state index in [1.807, 2.05) is 36.4 Å². The Balaban J connectivity index is 1.31. The Hall–Kier alpha value is -2.62. The largest absolute Gasteiger partial charge is 0.462 e. The molecule has 1 saturated carbocycles. The molecule has 4 rings (SSSR count). The van der Waals surface area contributed by atoms with Gasteiger partial charge in [0, 0.05) is 18.0 Å². The number of hydrogen-bond donors (Lipinski definition) is 1. The van der Waals surface area contributed by atoms with Crippen molar-refractivity contribution in [2.45, 2.75) is 70.6 Å². The highest BCUT2D eigenvalue weighted by Gasteiger charge is 2.42. The highest BCUT2D eigenvalue weighted by molar-refractivity contribution is 5.93. The number of ether oxygens (including phenoxy) is 1. The molecule has 0 aliphatic heterocycles. The zero-order valence-electron chi connectivity index (χ0n) is 19.1. The van der Waals surface area contributed by atoms with Crippen LogP contribution in [-0.2, 0) is 26.8 Å². The van der Waals surface area contributed by atoms with Crippen LogP contribution in [0, 0.1) is 5.92 Å². The average Bonchev–Trinajstić information content (AvgIpc) is 2.85. The summed E-state index contributed by atoms with van der Waals surface area (Å²) in [5.74, 6) is 0.0245. The predicted molar refractivity (Wildman–Crippen MR) is 124 cm³/mol. The van der Waals surface area contributed by atoms with E-state index >= 15 is 0 Å². The molecule has 164 valence electrons. The second-order valence-electron chi connectivity index (χ2n) is 10.4. The molecule has 2 aromatic carbocycles. The molecule has 0 saturated heterocycles. The normalized spacial score (nSPS) is 18.7. The van der Waals surface area contributed by atoms with Gasteiger partial charge in [0.25, 0.3) is 0 Å². The Morgan fingerprint density at radius 2 is 1.65 bits per heavy atom. The summed E-state index contributed by atoms with van der Waals surface area (Å²) in [5, 5.41) is 2.98. The van der Waals surface area contributed by atoms with Gasteiger partial charge in [-0.3, -0.25) is 4.79 Å². The highest BCUT2D eigenvalue weighted by Crippen LogP contribution is 2.49. The van der Waals surface area contributed by atoms with Crippen molar-refractivity contribution >= 4 is 17.6 Å². The molecule has 1 N–H and O–H groups in total. The summed E-state index contributed by atoms with van der Waals surface area (Å²) in [6.07, 6.45) is 4.86. The first kappa shape index (κ1) is 21.6. The van der Waals surface area contributed by atoms with Crippen LogP contribution in [0.5, 0.6) is 0 Å². The van der Waals surface area contributed by atoms with E-state index in [1.165, 1.54) is 11.1 Å². The Labute approximate surface area is 185 Å². The van der Waals surface area contributed by atoms with Gasteiger partial charge in [0.2, 0.25) is 5.91 Å². The van der Waals surface area contributed by atoms with Gasteiger partial charge in [-0.05, 0) is 71.0 Å². The van der Waals surface area contributed by atoms with Gasteiger partial charge in [0.1, 0.15) is 0 Å². The molecule has 1 fully saturated rings. The van der Waals surface area contributed by atoms with Gasteiger partial charge in [-0.15, -0.1) is 0 Å². The van der Waals surface area contributed by atoms with Crippen molar-refractivity contribution < 1.29 is 14.3 Å². The van der Waals surface area contributed by atoms with Gasteiger partial charge in [-0.1, -0.05) is 52.3 Å². The van der Waals surface area contributed by atoms with Gasteiger partial charge in [0.05, 0.1) is 12.2 Å². The van der Waals surface area contributed by atoms with Crippen LogP contribution in [0.25, 0.3) is 0 Å². The predicted octanol–water partition coefficient (Wildman–Crippen LogP) is 5.78. The van der Waals surface area contributed by atoms with Crippen molar-refractivity contribution in [1.29, 1.82) is 0 Å². The van der Waals surface area contributed by atoms with E-state index in [0.29, 0.717) is 18.6 Å². The second kappa shape index (κ2) is 8.14. The van der Waals surface area contributed by atoms with Crippen LogP contribution in [0.3, 0.4) is 0 Å². The van der Waals surface area contributed by atoms with Crippen molar-refractivity contribution in [2.24, 2.45) is 5.92 Å². The number of fused-ring (bicyclic) bond motifs is 1. The van der Waals surface area contributed by atoms with Crippen LogP contribution < -0.4 is 5.32 Å². The maximum absolute atomic E-state index is 12.6. The zero-order chi connectivity index (χ0) is 22.2. The van der Waals surface area contributed by atoms with Crippen molar-refractivity contribution in [3.05, 3.63) is 64.7 Å². The summed E-state index contributed by atoms with van der Waals surface area (Å²) in [6, 6.07) is 13.8. The summed E-state index contributed by atoms with van der Waals surface area (Å²) >= 11 is 0.